The van der Waals surface area contributed by atoms with Crippen molar-refractivity contribution in [2.45, 2.75) is 43.9 Å². The largest absolute Gasteiger partial charge is 0.260 e. The van der Waals surface area contributed by atoms with Gasteiger partial charge >= 0.3 is 0 Å². The van der Waals surface area contributed by atoms with Crippen molar-refractivity contribution >= 4 is 0 Å². The molecule has 1 spiro atoms. The Labute approximate surface area is 113 Å². The Morgan fingerprint density at radius 2 is 1.32 bits per heavy atom. The quantitative estimate of drug-likeness (QED) is 0.716. The third kappa shape index (κ3) is 1.55. The van der Waals surface area contributed by atoms with Crippen LogP contribution >= 0.6 is 0 Å². The molecule has 19 heavy (non-hydrogen) atoms. The Bertz CT molecular complexity index is 563. The standard InChI is InChI=1S/C17H18N2/c1-5-13-7-3-11-18-15(13)17(9-1)10-2-6-14-8-4-12-19-16(14)17/h3-4,7-8,11-12H,1-2,5-6,9-10H2. The molecule has 2 aliphatic rings. The first-order valence-corrected chi connectivity index (χ1v) is 7.29. The maximum atomic E-state index is 4.76. The van der Waals surface area contributed by atoms with Crippen LogP contribution in [0.3, 0.4) is 0 Å². The summed E-state index contributed by atoms with van der Waals surface area (Å²) in [6.07, 6.45) is 11.2. The van der Waals surface area contributed by atoms with E-state index in [1.807, 2.05) is 12.4 Å². The molecule has 0 saturated heterocycles. The second kappa shape index (κ2) is 4.16. The van der Waals surface area contributed by atoms with Gasteiger partial charge in [0.05, 0.1) is 16.8 Å². The lowest BCUT2D eigenvalue weighted by Gasteiger charge is -2.41. The zero-order valence-corrected chi connectivity index (χ0v) is 11.1. The first-order chi connectivity index (χ1) is 9.40. The predicted octanol–water partition coefficient (Wildman–Crippen LogP) is 3.44. The minimum Gasteiger partial charge on any atom is -0.260 e. The van der Waals surface area contributed by atoms with E-state index in [1.54, 1.807) is 0 Å². The Balaban J connectivity index is 1.97. The van der Waals surface area contributed by atoms with E-state index in [-0.39, 0.29) is 5.41 Å². The van der Waals surface area contributed by atoms with E-state index in [2.05, 4.69) is 24.3 Å². The van der Waals surface area contributed by atoms with E-state index in [9.17, 15) is 0 Å². The Kier molecular flexibility index (Phi) is 2.44. The van der Waals surface area contributed by atoms with Crippen LogP contribution in [0.1, 0.15) is 48.2 Å². The van der Waals surface area contributed by atoms with Crippen LogP contribution in [0, 0.1) is 0 Å². The van der Waals surface area contributed by atoms with Gasteiger partial charge in [-0.25, -0.2) is 0 Å². The van der Waals surface area contributed by atoms with Crippen LogP contribution in [-0.4, -0.2) is 9.97 Å². The predicted molar refractivity (Wildman–Crippen MR) is 75.1 cm³/mol. The summed E-state index contributed by atoms with van der Waals surface area (Å²) in [4.78, 5) is 9.51. The van der Waals surface area contributed by atoms with Crippen LogP contribution in [0.2, 0.25) is 0 Å². The zero-order chi connectivity index (χ0) is 12.7. The molecule has 0 radical (unpaired) electrons. The maximum Gasteiger partial charge on any atom is 0.0557 e. The number of hydrogen-bond acceptors (Lipinski definition) is 2. The molecule has 2 heterocycles. The first kappa shape index (κ1) is 11.2. The van der Waals surface area contributed by atoms with Gasteiger partial charge in [-0.2, -0.15) is 0 Å². The smallest absolute Gasteiger partial charge is 0.0557 e. The molecule has 2 aliphatic carbocycles. The van der Waals surface area contributed by atoms with Crippen molar-refractivity contribution < 1.29 is 0 Å². The van der Waals surface area contributed by atoms with Crippen molar-refractivity contribution in [3.63, 3.8) is 0 Å². The summed E-state index contributed by atoms with van der Waals surface area (Å²) in [6, 6.07) is 8.64. The van der Waals surface area contributed by atoms with E-state index >= 15 is 0 Å². The van der Waals surface area contributed by atoms with Gasteiger partial charge in [0.15, 0.2) is 0 Å². The summed E-state index contributed by atoms with van der Waals surface area (Å²) < 4.78 is 0. The Morgan fingerprint density at radius 3 is 1.84 bits per heavy atom. The number of nitrogens with zero attached hydrogens (tertiary/aromatic N) is 2. The highest BCUT2D eigenvalue weighted by atomic mass is 14.8. The number of rotatable bonds is 0. The zero-order valence-electron chi connectivity index (χ0n) is 11.1. The van der Waals surface area contributed by atoms with E-state index < -0.39 is 0 Å². The molecule has 0 atom stereocenters. The lowest BCUT2D eigenvalue weighted by atomic mass is 9.64. The van der Waals surface area contributed by atoms with Gasteiger partial charge in [0.25, 0.3) is 0 Å². The average Bonchev–Trinajstić information content (AvgIpc) is 2.48. The van der Waals surface area contributed by atoms with E-state index in [0.29, 0.717) is 0 Å². The van der Waals surface area contributed by atoms with Gasteiger partial charge in [-0.1, -0.05) is 12.1 Å². The van der Waals surface area contributed by atoms with E-state index in [4.69, 9.17) is 9.97 Å². The lowest BCUT2D eigenvalue weighted by Crippen LogP contribution is -2.37. The van der Waals surface area contributed by atoms with Crippen molar-refractivity contribution in [1.82, 2.24) is 9.97 Å². The number of hydrogen-bond donors (Lipinski definition) is 0. The molecule has 0 unspecified atom stereocenters. The van der Waals surface area contributed by atoms with Gasteiger partial charge in [0, 0.05) is 12.4 Å². The molecule has 2 aromatic heterocycles. The SMILES string of the molecule is c1cnc2c(c1)CCCC21CCCc2cccnc21. The molecular weight excluding hydrogens is 232 g/mol. The molecule has 0 aliphatic heterocycles. The number of pyridine rings is 2. The van der Waals surface area contributed by atoms with Gasteiger partial charge in [-0.05, 0) is 61.8 Å². The van der Waals surface area contributed by atoms with Crippen molar-refractivity contribution in [1.29, 1.82) is 0 Å². The summed E-state index contributed by atoms with van der Waals surface area (Å²) in [5, 5.41) is 0. The minimum absolute atomic E-state index is 0.101. The second-order valence-electron chi connectivity index (χ2n) is 5.81. The van der Waals surface area contributed by atoms with Gasteiger partial charge in [0.2, 0.25) is 0 Å². The van der Waals surface area contributed by atoms with E-state index in [0.717, 1.165) is 0 Å². The first-order valence-electron chi connectivity index (χ1n) is 7.29. The van der Waals surface area contributed by atoms with Crippen LogP contribution in [0.15, 0.2) is 36.7 Å². The number of aryl methyl sites for hydroxylation is 2. The van der Waals surface area contributed by atoms with Gasteiger partial charge in [-0.3, -0.25) is 9.97 Å². The fourth-order valence-corrected chi connectivity index (χ4v) is 4.01. The topological polar surface area (TPSA) is 25.8 Å². The highest BCUT2D eigenvalue weighted by Gasteiger charge is 2.43. The number of fused-ring (bicyclic) bond motifs is 4. The summed E-state index contributed by atoms with van der Waals surface area (Å²) >= 11 is 0. The molecule has 2 aromatic rings. The van der Waals surface area contributed by atoms with Gasteiger partial charge in [0.1, 0.15) is 0 Å². The highest BCUT2D eigenvalue weighted by molar-refractivity contribution is 5.43. The molecule has 0 aromatic carbocycles. The van der Waals surface area contributed by atoms with Crippen molar-refractivity contribution in [2.75, 3.05) is 0 Å². The average molecular weight is 250 g/mol. The molecule has 2 heteroatoms. The molecule has 4 rings (SSSR count). The monoisotopic (exact) mass is 250 g/mol. The normalized spacial score (nSPS) is 19.8. The molecule has 0 bridgehead atoms. The molecule has 0 fully saturated rings. The second-order valence-corrected chi connectivity index (χ2v) is 5.81. The van der Waals surface area contributed by atoms with Crippen LogP contribution in [0.5, 0.6) is 0 Å². The van der Waals surface area contributed by atoms with Crippen molar-refractivity contribution in [3.05, 3.63) is 59.2 Å². The molecular formula is C17H18N2. The van der Waals surface area contributed by atoms with Crippen LogP contribution < -0.4 is 0 Å². The Morgan fingerprint density at radius 1 is 0.789 bits per heavy atom. The third-order valence-corrected chi connectivity index (χ3v) is 4.79. The Hall–Kier alpha value is -1.70. The molecule has 0 amide bonds. The van der Waals surface area contributed by atoms with Crippen molar-refractivity contribution in [2.24, 2.45) is 0 Å². The fourth-order valence-electron chi connectivity index (χ4n) is 4.01. The summed E-state index contributed by atoms with van der Waals surface area (Å²) in [5.74, 6) is 0. The van der Waals surface area contributed by atoms with Crippen LogP contribution in [0.25, 0.3) is 0 Å². The third-order valence-electron chi connectivity index (χ3n) is 4.79. The van der Waals surface area contributed by atoms with Crippen molar-refractivity contribution in [3.8, 4) is 0 Å². The molecule has 96 valence electrons. The molecule has 2 nitrogen and oxygen atoms in total. The fraction of sp³-hybridized carbons (Fsp3) is 0.412. The summed E-state index contributed by atoms with van der Waals surface area (Å²) in [6.45, 7) is 0. The summed E-state index contributed by atoms with van der Waals surface area (Å²) in [7, 11) is 0. The molecule has 0 N–H and O–H groups in total. The summed E-state index contributed by atoms with van der Waals surface area (Å²) in [5.41, 5.74) is 5.59. The highest BCUT2D eigenvalue weighted by Crippen LogP contribution is 2.47. The number of aromatic nitrogens is 2. The lowest BCUT2D eigenvalue weighted by molar-refractivity contribution is 0.348. The van der Waals surface area contributed by atoms with Gasteiger partial charge < -0.3 is 0 Å². The van der Waals surface area contributed by atoms with Gasteiger partial charge in [-0.15, -0.1) is 0 Å². The molecule has 0 saturated carbocycles. The van der Waals surface area contributed by atoms with Crippen LogP contribution in [0.4, 0.5) is 0 Å². The van der Waals surface area contributed by atoms with E-state index in [1.165, 1.54) is 61.0 Å². The van der Waals surface area contributed by atoms with Crippen LogP contribution in [-0.2, 0) is 18.3 Å². The minimum atomic E-state index is 0.101. The maximum absolute atomic E-state index is 4.76.